The van der Waals surface area contributed by atoms with Crippen LogP contribution in [-0.2, 0) is 16.1 Å². The first-order chi connectivity index (χ1) is 10.2. The molecular weight excluding hydrogens is 270 g/mol. The lowest BCUT2D eigenvalue weighted by Gasteiger charge is -2.18. The number of carbonyl (C=O) groups excluding carboxylic acids is 1. The fourth-order valence-corrected chi connectivity index (χ4v) is 2.14. The predicted molar refractivity (Wildman–Crippen MR) is 75.6 cm³/mol. The highest BCUT2D eigenvalue weighted by molar-refractivity contribution is 5.93. The van der Waals surface area contributed by atoms with Crippen molar-refractivity contribution in [3.05, 3.63) is 12.4 Å². The Balaban J connectivity index is 1.54. The first kappa shape index (κ1) is 14.0. The highest BCUT2D eigenvalue weighted by Crippen LogP contribution is 2.27. The number of hydrogen-bond donors (Lipinski definition) is 1. The van der Waals surface area contributed by atoms with Crippen LogP contribution >= 0.6 is 0 Å². The van der Waals surface area contributed by atoms with E-state index in [0.717, 1.165) is 19.4 Å². The number of carbonyl (C=O) groups is 1. The smallest absolute Gasteiger partial charge is 0.296 e. The molecule has 1 aliphatic heterocycles. The monoisotopic (exact) mass is 289 g/mol. The van der Waals surface area contributed by atoms with E-state index in [1.807, 2.05) is 13.1 Å². The van der Waals surface area contributed by atoms with E-state index in [9.17, 15) is 4.79 Å². The molecule has 3 rings (SSSR count). The fraction of sp³-hybridized carbons (Fsp3) is 0.600. The van der Waals surface area contributed by atoms with Crippen molar-refractivity contribution in [2.24, 2.45) is 5.92 Å². The highest BCUT2D eigenvalue weighted by Gasteiger charge is 2.31. The van der Waals surface area contributed by atoms with Gasteiger partial charge in [0.1, 0.15) is 6.10 Å². The Morgan fingerprint density at radius 2 is 2.43 bits per heavy atom. The van der Waals surface area contributed by atoms with E-state index in [1.54, 1.807) is 10.9 Å². The number of aryl methyl sites for hydroxylation is 1. The molecule has 6 heteroatoms. The van der Waals surface area contributed by atoms with Crippen molar-refractivity contribution in [2.75, 3.05) is 13.2 Å². The second-order valence-electron chi connectivity index (χ2n) is 5.35. The van der Waals surface area contributed by atoms with Gasteiger partial charge >= 0.3 is 0 Å². The van der Waals surface area contributed by atoms with Crippen molar-refractivity contribution in [1.82, 2.24) is 15.1 Å². The minimum atomic E-state index is -0.254. The molecule has 2 aliphatic rings. The van der Waals surface area contributed by atoms with Crippen LogP contribution in [0.1, 0.15) is 19.8 Å². The number of hydrogen-bond acceptors (Lipinski definition) is 4. The lowest BCUT2D eigenvalue weighted by Crippen LogP contribution is -2.44. The van der Waals surface area contributed by atoms with E-state index >= 15 is 0 Å². The summed E-state index contributed by atoms with van der Waals surface area (Å²) in [6.07, 6.45) is 5.53. The van der Waals surface area contributed by atoms with Crippen LogP contribution in [0.4, 0.5) is 0 Å². The molecular formula is C15H19N3O3. The summed E-state index contributed by atoms with van der Waals surface area (Å²) in [4.78, 5) is 11.8. The van der Waals surface area contributed by atoms with Crippen molar-refractivity contribution in [1.29, 1.82) is 0 Å². The Bertz CT molecular complexity index is 568. The topological polar surface area (TPSA) is 65.4 Å². The third-order valence-corrected chi connectivity index (χ3v) is 3.53. The Labute approximate surface area is 123 Å². The van der Waals surface area contributed by atoms with Crippen LogP contribution in [0.3, 0.4) is 0 Å². The molecule has 2 atom stereocenters. The van der Waals surface area contributed by atoms with Gasteiger partial charge in [-0.2, -0.15) is 5.10 Å². The molecule has 1 saturated carbocycles. The normalized spacial score (nSPS) is 24.2. The van der Waals surface area contributed by atoms with Crippen molar-refractivity contribution in [3.8, 4) is 17.6 Å². The van der Waals surface area contributed by atoms with Gasteiger partial charge in [-0.25, -0.2) is 0 Å². The van der Waals surface area contributed by atoms with Gasteiger partial charge in [0.15, 0.2) is 5.75 Å². The summed E-state index contributed by atoms with van der Waals surface area (Å²) in [5.41, 5.74) is 0. The zero-order valence-corrected chi connectivity index (χ0v) is 12.0. The third kappa shape index (κ3) is 3.76. The average molecular weight is 289 g/mol. The summed E-state index contributed by atoms with van der Waals surface area (Å²) < 4.78 is 13.0. The molecule has 21 heavy (non-hydrogen) atoms. The van der Waals surface area contributed by atoms with Gasteiger partial charge < -0.3 is 14.8 Å². The molecule has 1 N–H and O–H groups in total. The fourth-order valence-electron chi connectivity index (χ4n) is 2.14. The lowest BCUT2D eigenvalue weighted by atomic mass is 10.2. The van der Waals surface area contributed by atoms with Crippen molar-refractivity contribution in [3.63, 3.8) is 0 Å². The van der Waals surface area contributed by atoms with E-state index in [1.165, 1.54) is 0 Å². The molecule has 1 aromatic heterocycles. The second kappa shape index (κ2) is 6.19. The zero-order valence-electron chi connectivity index (χ0n) is 12.0. The predicted octanol–water partition coefficient (Wildman–Crippen LogP) is 0.579. The van der Waals surface area contributed by atoms with Gasteiger partial charge in [-0.1, -0.05) is 5.92 Å². The Morgan fingerprint density at radius 1 is 1.57 bits per heavy atom. The van der Waals surface area contributed by atoms with Crippen LogP contribution < -0.4 is 10.1 Å². The van der Waals surface area contributed by atoms with Crippen LogP contribution in [0.15, 0.2) is 12.4 Å². The molecule has 0 radical (unpaired) electrons. The maximum atomic E-state index is 11.8. The van der Waals surface area contributed by atoms with Gasteiger partial charge in [0.25, 0.3) is 5.91 Å². The third-order valence-electron chi connectivity index (χ3n) is 3.53. The van der Waals surface area contributed by atoms with E-state index in [4.69, 9.17) is 9.47 Å². The van der Waals surface area contributed by atoms with Crippen LogP contribution in [0.25, 0.3) is 0 Å². The second-order valence-corrected chi connectivity index (χ2v) is 5.35. The van der Waals surface area contributed by atoms with Crippen molar-refractivity contribution < 1.29 is 14.3 Å². The number of aromatic nitrogens is 2. The van der Waals surface area contributed by atoms with E-state index in [2.05, 4.69) is 22.3 Å². The SMILES string of the molecule is CCn1cc(O[C@@H]2COC[C@@H]2NC(=O)C#CC2CC2)cn1. The molecule has 0 aromatic carbocycles. The van der Waals surface area contributed by atoms with Crippen LogP contribution in [0.2, 0.25) is 0 Å². The standard InChI is InChI=1S/C15H19N3O3/c1-2-18-8-12(7-16-18)21-14-10-20-9-13(14)17-15(19)6-5-11-3-4-11/h7-8,11,13-14H,2-4,9-10H2,1H3,(H,17,19)/t13-,14+/m0/s1. The molecule has 2 heterocycles. The van der Waals surface area contributed by atoms with Gasteiger partial charge in [-0.05, 0) is 25.7 Å². The quantitative estimate of drug-likeness (QED) is 0.823. The molecule has 1 aliphatic carbocycles. The summed E-state index contributed by atoms with van der Waals surface area (Å²) in [6, 6.07) is -0.170. The Morgan fingerprint density at radius 3 is 3.14 bits per heavy atom. The number of nitrogens with one attached hydrogen (secondary N) is 1. The molecule has 112 valence electrons. The first-order valence-corrected chi connectivity index (χ1v) is 7.33. The van der Waals surface area contributed by atoms with Gasteiger partial charge in [0.2, 0.25) is 0 Å². The number of rotatable bonds is 4. The lowest BCUT2D eigenvalue weighted by molar-refractivity contribution is -0.116. The molecule has 0 spiro atoms. The van der Waals surface area contributed by atoms with Gasteiger partial charge in [0, 0.05) is 12.5 Å². The van der Waals surface area contributed by atoms with Crippen LogP contribution in [0, 0.1) is 17.8 Å². The maximum absolute atomic E-state index is 11.8. The highest BCUT2D eigenvalue weighted by atomic mass is 16.5. The molecule has 1 saturated heterocycles. The van der Waals surface area contributed by atoms with Crippen molar-refractivity contribution >= 4 is 5.91 Å². The average Bonchev–Trinajstić information content (AvgIpc) is 3.05. The molecule has 1 aromatic rings. The minimum absolute atomic E-state index is 0.170. The Kier molecular flexibility index (Phi) is 4.11. The van der Waals surface area contributed by atoms with Crippen LogP contribution in [0.5, 0.6) is 5.75 Å². The summed E-state index contributed by atoms with van der Waals surface area (Å²) >= 11 is 0. The van der Waals surface area contributed by atoms with Gasteiger partial charge in [0.05, 0.1) is 31.6 Å². The molecule has 2 fully saturated rings. The molecule has 1 amide bonds. The molecule has 6 nitrogen and oxygen atoms in total. The van der Waals surface area contributed by atoms with Crippen LogP contribution in [-0.4, -0.2) is 41.0 Å². The largest absolute Gasteiger partial charge is 0.482 e. The Hall–Kier alpha value is -2.00. The summed E-state index contributed by atoms with van der Waals surface area (Å²) in [5.74, 6) is 6.45. The summed E-state index contributed by atoms with van der Waals surface area (Å²) in [6.45, 7) is 3.71. The maximum Gasteiger partial charge on any atom is 0.296 e. The van der Waals surface area contributed by atoms with E-state index < -0.39 is 0 Å². The first-order valence-electron chi connectivity index (χ1n) is 7.33. The van der Waals surface area contributed by atoms with Gasteiger partial charge in [-0.15, -0.1) is 0 Å². The number of nitrogens with zero attached hydrogens (tertiary/aromatic N) is 2. The zero-order chi connectivity index (χ0) is 14.7. The van der Waals surface area contributed by atoms with Gasteiger partial charge in [-0.3, -0.25) is 9.48 Å². The minimum Gasteiger partial charge on any atom is -0.482 e. The molecule has 0 unspecified atom stereocenters. The molecule has 0 bridgehead atoms. The number of amides is 1. The summed E-state index contributed by atoms with van der Waals surface area (Å²) in [5, 5.41) is 7.02. The van der Waals surface area contributed by atoms with Crippen molar-refractivity contribution in [2.45, 2.75) is 38.5 Å². The number of ether oxygens (including phenoxy) is 2. The summed E-state index contributed by atoms with van der Waals surface area (Å²) in [7, 11) is 0. The van der Waals surface area contributed by atoms with E-state index in [0.29, 0.717) is 24.9 Å². The van der Waals surface area contributed by atoms with E-state index in [-0.39, 0.29) is 18.1 Å².